The Morgan fingerprint density at radius 1 is 1.50 bits per heavy atom. The van der Waals surface area contributed by atoms with Crippen molar-refractivity contribution in [2.45, 2.75) is 12.5 Å². The molecule has 1 unspecified atom stereocenters. The molecule has 0 aromatic carbocycles. The van der Waals surface area contributed by atoms with Crippen LogP contribution in [0.3, 0.4) is 0 Å². The molecule has 1 atom stereocenters. The van der Waals surface area contributed by atoms with E-state index in [1.54, 1.807) is 0 Å². The molecule has 0 saturated carbocycles. The van der Waals surface area contributed by atoms with Crippen molar-refractivity contribution in [3.05, 3.63) is 32.6 Å². The van der Waals surface area contributed by atoms with E-state index in [0.717, 1.165) is 12.6 Å². The molecule has 86 valence electrons. The molecule has 0 radical (unpaired) electrons. The van der Waals surface area contributed by atoms with Gasteiger partial charge in [-0.25, -0.2) is 4.79 Å². The fourth-order valence-corrected chi connectivity index (χ4v) is 1.71. The highest BCUT2D eigenvalue weighted by Crippen LogP contribution is 2.09. The fourth-order valence-electron chi connectivity index (χ4n) is 1.71. The number of nitrogens with two attached hydrogens (primary N) is 1. The highest BCUT2D eigenvalue weighted by molar-refractivity contribution is 5.93. The minimum absolute atomic E-state index is 0.0363. The predicted molar refractivity (Wildman–Crippen MR) is 56.2 cm³/mol. The zero-order valence-electron chi connectivity index (χ0n) is 8.53. The van der Waals surface area contributed by atoms with Crippen molar-refractivity contribution in [1.29, 1.82) is 0 Å². The number of hydrogen-bond donors (Lipinski definition) is 3. The van der Waals surface area contributed by atoms with Crippen molar-refractivity contribution in [2.24, 2.45) is 5.73 Å². The summed E-state index contributed by atoms with van der Waals surface area (Å²) in [5.41, 5.74) is 4.31. The summed E-state index contributed by atoms with van der Waals surface area (Å²) in [6, 6.07) is -0.0363. The number of amides is 1. The second kappa shape index (κ2) is 3.93. The summed E-state index contributed by atoms with van der Waals surface area (Å²) < 4.78 is 0. The molecule has 4 N–H and O–H groups in total. The lowest BCUT2D eigenvalue weighted by Gasteiger charge is -2.14. The topological polar surface area (TPSA) is 112 Å². The van der Waals surface area contributed by atoms with Crippen molar-refractivity contribution in [1.82, 2.24) is 14.9 Å². The third-order valence-corrected chi connectivity index (χ3v) is 2.56. The van der Waals surface area contributed by atoms with Gasteiger partial charge in [0.2, 0.25) is 0 Å². The molecule has 2 rings (SSSR count). The number of aromatic amines is 2. The van der Waals surface area contributed by atoms with Gasteiger partial charge in [0.05, 0.1) is 0 Å². The van der Waals surface area contributed by atoms with E-state index in [4.69, 9.17) is 5.73 Å². The maximum absolute atomic E-state index is 11.9. The Morgan fingerprint density at radius 2 is 2.25 bits per heavy atom. The second-order valence-electron chi connectivity index (χ2n) is 3.79. The summed E-state index contributed by atoms with van der Waals surface area (Å²) in [5, 5.41) is 0. The molecule has 1 fully saturated rings. The number of nitrogens with one attached hydrogen (secondary N) is 2. The highest BCUT2D eigenvalue weighted by Gasteiger charge is 2.26. The van der Waals surface area contributed by atoms with Crippen molar-refractivity contribution in [3.63, 3.8) is 0 Å². The third-order valence-electron chi connectivity index (χ3n) is 2.56. The number of H-pyrrole nitrogens is 2. The molecule has 0 spiro atoms. The molecule has 2 heterocycles. The van der Waals surface area contributed by atoms with Crippen LogP contribution in [0.25, 0.3) is 0 Å². The van der Waals surface area contributed by atoms with E-state index in [1.807, 2.05) is 4.98 Å². The van der Waals surface area contributed by atoms with Gasteiger partial charge in [0.1, 0.15) is 5.56 Å². The zero-order chi connectivity index (χ0) is 11.7. The first-order chi connectivity index (χ1) is 7.58. The van der Waals surface area contributed by atoms with Gasteiger partial charge in [-0.2, -0.15) is 0 Å². The van der Waals surface area contributed by atoms with Gasteiger partial charge in [0.15, 0.2) is 0 Å². The number of carbonyl (C=O) groups is 1. The molecule has 1 aromatic heterocycles. The van der Waals surface area contributed by atoms with Crippen LogP contribution in [0.2, 0.25) is 0 Å². The van der Waals surface area contributed by atoms with Crippen LogP contribution in [0.15, 0.2) is 15.8 Å². The van der Waals surface area contributed by atoms with Crippen LogP contribution in [-0.4, -0.2) is 39.9 Å². The Kier molecular flexibility index (Phi) is 2.61. The monoisotopic (exact) mass is 224 g/mol. The normalized spacial score (nSPS) is 20.1. The van der Waals surface area contributed by atoms with Gasteiger partial charge < -0.3 is 15.6 Å². The molecular weight excluding hydrogens is 212 g/mol. The second-order valence-corrected chi connectivity index (χ2v) is 3.79. The molecule has 1 aliphatic heterocycles. The van der Waals surface area contributed by atoms with Crippen LogP contribution in [0.4, 0.5) is 0 Å². The van der Waals surface area contributed by atoms with Crippen molar-refractivity contribution < 1.29 is 4.79 Å². The minimum Gasteiger partial charge on any atom is -0.337 e. The first kappa shape index (κ1) is 10.6. The molecule has 7 nitrogen and oxygen atoms in total. The lowest BCUT2D eigenvalue weighted by molar-refractivity contribution is 0.0788. The van der Waals surface area contributed by atoms with Crippen LogP contribution < -0.4 is 17.0 Å². The smallest absolute Gasteiger partial charge is 0.325 e. The zero-order valence-corrected chi connectivity index (χ0v) is 8.53. The van der Waals surface area contributed by atoms with Crippen LogP contribution >= 0.6 is 0 Å². The third kappa shape index (κ3) is 1.89. The molecule has 7 heteroatoms. The Morgan fingerprint density at radius 3 is 2.81 bits per heavy atom. The first-order valence-corrected chi connectivity index (χ1v) is 4.95. The number of hydrogen-bond acceptors (Lipinski definition) is 4. The van der Waals surface area contributed by atoms with Crippen LogP contribution in [0, 0.1) is 0 Å². The van der Waals surface area contributed by atoms with Gasteiger partial charge in [0, 0.05) is 25.3 Å². The molecule has 1 saturated heterocycles. The van der Waals surface area contributed by atoms with E-state index in [0.29, 0.717) is 13.1 Å². The Labute approximate surface area is 90.3 Å². The van der Waals surface area contributed by atoms with Crippen LogP contribution in [-0.2, 0) is 0 Å². The number of rotatable bonds is 1. The predicted octanol–water partition coefficient (Wildman–Crippen LogP) is -1.76. The number of nitrogens with zero attached hydrogens (tertiary/aromatic N) is 1. The maximum atomic E-state index is 11.9. The summed E-state index contributed by atoms with van der Waals surface area (Å²) in [6.07, 6.45) is 1.86. The van der Waals surface area contributed by atoms with E-state index >= 15 is 0 Å². The van der Waals surface area contributed by atoms with Crippen LogP contribution in [0.5, 0.6) is 0 Å². The molecule has 1 aromatic rings. The van der Waals surface area contributed by atoms with E-state index in [-0.39, 0.29) is 11.6 Å². The summed E-state index contributed by atoms with van der Waals surface area (Å²) in [7, 11) is 0. The molecular formula is C9H12N4O3. The lowest BCUT2D eigenvalue weighted by Crippen LogP contribution is -2.37. The van der Waals surface area contributed by atoms with Gasteiger partial charge in [-0.1, -0.05) is 0 Å². The Bertz CT molecular complexity index is 518. The molecule has 1 aliphatic rings. The van der Waals surface area contributed by atoms with E-state index < -0.39 is 17.2 Å². The Balaban J connectivity index is 2.28. The quantitative estimate of drug-likeness (QED) is 0.524. The van der Waals surface area contributed by atoms with Gasteiger partial charge >= 0.3 is 5.69 Å². The van der Waals surface area contributed by atoms with E-state index in [9.17, 15) is 14.4 Å². The van der Waals surface area contributed by atoms with Crippen LogP contribution in [0.1, 0.15) is 16.8 Å². The largest absolute Gasteiger partial charge is 0.337 e. The van der Waals surface area contributed by atoms with Gasteiger partial charge in [-0.05, 0) is 6.42 Å². The van der Waals surface area contributed by atoms with Crippen molar-refractivity contribution in [2.75, 3.05) is 13.1 Å². The van der Waals surface area contributed by atoms with Crippen molar-refractivity contribution in [3.8, 4) is 0 Å². The maximum Gasteiger partial charge on any atom is 0.325 e. The van der Waals surface area contributed by atoms with Crippen molar-refractivity contribution >= 4 is 5.91 Å². The molecule has 1 amide bonds. The van der Waals surface area contributed by atoms with E-state index in [2.05, 4.69) is 4.98 Å². The molecule has 0 aliphatic carbocycles. The van der Waals surface area contributed by atoms with Gasteiger partial charge in [-0.3, -0.25) is 14.6 Å². The van der Waals surface area contributed by atoms with E-state index in [1.165, 1.54) is 4.90 Å². The average Bonchev–Trinajstić information content (AvgIpc) is 2.64. The molecule has 16 heavy (non-hydrogen) atoms. The highest BCUT2D eigenvalue weighted by atomic mass is 16.2. The molecule has 0 bridgehead atoms. The number of likely N-dealkylation sites (tertiary alicyclic amines) is 1. The summed E-state index contributed by atoms with van der Waals surface area (Å²) in [4.78, 5) is 39.8. The summed E-state index contributed by atoms with van der Waals surface area (Å²) >= 11 is 0. The minimum atomic E-state index is -0.672. The fraction of sp³-hybridized carbons (Fsp3) is 0.444. The summed E-state index contributed by atoms with van der Waals surface area (Å²) in [6.45, 7) is 0.982. The SMILES string of the molecule is NC1CCN(C(=O)c2c[nH]c(=O)[nH]c2=O)C1. The van der Waals surface area contributed by atoms with Gasteiger partial charge in [0.25, 0.3) is 11.5 Å². The van der Waals surface area contributed by atoms with Gasteiger partial charge in [-0.15, -0.1) is 0 Å². The first-order valence-electron chi connectivity index (χ1n) is 4.95. The Hall–Kier alpha value is -1.89. The number of aromatic nitrogens is 2. The lowest BCUT2D eigenvalue weighted by atomic mass is 10.3. The average molecular weight is 224 g/mol. The number of carbonyl (C=O) groups excluding carboxylic acids is 1. The summed E-state index contributed by atoms with van der Waals surface area (Å²) in [5.74, 6) is -0.398. The standard InChI is InChI=1S/C9H12N4O3/c10-5-1-2-13(4-5)8(15)6-3-11-9(16)12-7(6)14/h3,5H,1-2,4,10H2,(H2,11,12,14,16).